The van der Waals surface area contributed by atoms with E-state index < -0.39 is 0 Å². The number of aryl methyl sites for hydroxylation is 2. The molecule has 0 aliphatic carbocycles. The summed E-state index contributed by atoms with van der Waals surface area (Å²) in [6.45, 7) is 8.16. The number of para-hydroxylation sites is 1. The van der Waals surface area contributed by atoms with Gasteiger partial charge in [0, 0.05) is 5.69 Å². The Morgan fingerprint density at radius 1 is 1.21 bits per heavy atom. The molecule has 134 valence electrons. The fourth-order valence-electron chi connectivity index (χ4n) is 3.26. The molecule has 0 bridgehead atoms. The standard InChI is InChI=1S/C19H28ClNO3/c1-4-14-9-7-10-15(5-2)18(14)21(16(6-3)19(20)22)13-17-23-11-8-12-24-17/h7,9-10,16-17H,4-6,8,11-13H2,1-3H3. The molecule has 0 saturated carbocycles. The smallest absolute Gasteiger partial charge is 0.244 e. The summed E-state index contributed by atoms with van der Waals surface area (Å²) in [6.07, 6.45) is 3.04. The first kappa shape index (κ1) is 19.2. The van der Waals surface area contributed by atoms with E-state index in [1.807, 2.05) is 6.92 Å². The molecule has 1 atom stereocenters. The van der Waals surface area contributed by atoms with E-state index in [0.29, 0.717) is 26.2 Å². The van der Waals surface area contributed by atoms with Gasteiger partial charge < -0.3 is 14.4 Å². The quantitative estimate of drug-likeness (QED) is 0.664. The van der Waals surface area contributed by atoms with E-state index in [1.165, 1.54) is 11.1 Å². The predicted octanol–water partition coefficient (Wildman–Crippen LogP) is 3.92. The van der Waals surface area contributed by atoms with Gasteiger partial charge in [0.25, 0.3) is 0 Å². The average Bonchev–Trinajstić information content (AvgIpc) is 2.61. The van der Waals surface area contributed by atoms with Crippen LogP contribution in [0.3, 0.4) is 0 Å². The Bertz CT molecular complexity index is 521. The molecule has 24 heavy (non-hydrogen) atoms. The number of carbonyl (C=O) groups is 1. The average molecular weight is 354 g/mol. The maximum atomic E-state index is 12.1. The minimum Gasteiger partial charge on any atom is -0.355 e. The number of nitrogens with zero attached hydrogens (tertiary/aromatic N) is 1. The number of halogens is 1. The molecule has 0 radical (unpaired) electrons. The van der Waals surface area contributed by atoms with E-state index >= 15 is 0 Å². The molecular weight excluding hydrogens is 326 g/mol. The van der Waals surface area contributed by atoms with Gasteiger partial charge in [-0.2, -0.15) is 0 Å². The zero-order chi connectivity index (χ0) is 17.5. The molecule has 0 spiro atoms. The second-order valence-corrected chi connectivity index (χ2v) is 6.41. The van der Waals surface area contributed by atoms with Crippen molar-refractivity contribution in [3.63, 3.8) is 0 Å². The molecule has 1 aromatic rings. The molecule has 0 amide bonds. The highest BCUT2D eigenvalue weighted by molar-refractivity contribution is 6.65. The lowest BCUT2D eigenvalue weighted by Crippen LogP contribution is -2.47. The first-order valence-corrected chi connectivity index (χ1v) is 9.30. The summed E-state index contributed by atoms with van der Waals surface area (Å²) in [5, 5.41) is -0.332. The lowest BCUT2D eigenvalue weighted by atomic mass is 10.00. The molecule has 1 heterocycles. The van der Waals surface area contributed by atoms with Gasteiger partial charge in [-0.3, -0.25) is 4.79 Å². The van der Waals surface area contributed by atoms with E-state index in [0.717, 1.165) is 24.9 Å². The van der Waals surface area contributed by atoms with Crippen molar-refractivity contribution in [3.8, 4) is 0 Å². The van der Waals surface area contributed by atoms with Crippen molar-refractivity contribution in [1.29, 1.82) is 0 Å². The topological polar surface area (TPSA) is 38.8 Å². The van der Waals surface area contributed by atoms with Crippen molar-refractivity contribution in [2.24, 2.45) is 0 Å². The van der Waals surface area contributed by atoms with Crippen LogP contribution in [0.25, 0.3) is 0 Å². The number of ether oxygens (including phenoxy) is 2. The van der Waals surface area contributed by atoms with Gasteiger partial charge in [-0.05, 0) is 48.4 Å². The highest BCUT2D eigenvalue weighted by Crippen LogP contribution is 2.31. The summed E-state index contributed by atoms with van der Waals surface area (Å²) in [5.41, 5.74) is 3.56. The number of hydrogen-bond donors (Lipinski definition) is 0. The lowest BCUT2D eigenvalue weighted by molar-refractivity contribution is -0.172. The molecule has 0 aromatic heterocycles. The van der Waals surface area contributed by atoms with E-state index in [-0.39, 0.29) is 17.6 Å². The van der Waals surface area contributed by atoms with Crippen LogP contribution in [0.5, 0.6) is 0 Å². The lowest BCUT2D eigenvalue weighted by Gasteiger charge is -2.37. The Morgan fingerprint density at radius 2 is 1.79 bits per heavy atom. The van der Waals surface area contributed by atoms with Gasteiger partial charge in [0.2, 0.25) is 5.24 Å². The maximum Gasteiger partial charge on any atom is 0.244 e. The summed E-state index contributed by atoms with van der Waals surface area (Å²) in [7, 11) is 0. The van der Waals surface area contributed by atoms with Crippen molar-refractivity contribution in [1.82, 2.24) is 0 Å². The third-order valence-corrected chi connectivity index (χ3v) is 4.77. The molecule has 1 aromatic carbocycles. The SMILES string of the molecule is CCc1cccc(CC)c1N(CC1OCCCO1)C(CC)C(=O)Cl. The van der Waals surface area contributed by atoms with Crippen LogP contribution in [0.1, 0.15) is 44.7 Å². The van der Waals surface area contributed by atoms with Crippen LogP contribution in [0.4, 0.5) is 5.69 Å². The van der Waals surface area contributed by atoms with Crippen molar-refractivity contribution < 1.29 is 14.3 Å². The summed E-state index contributed by atoms with van der Waals surface area (Å²) >= 11 is 5.94. The van der Waals surface area contributed by atoms with Crippen LogP contribution in [-0.2, 0) is 27.1 Å². The van der Waals surface area contributed by atoms with E-state index in [1.54, 1.807) is 0 Å². The van der Waals surface area contributed by atoms with Gasteiger partial charge in [-0.1, -0.05) is 39.0 Å². The van der Waals surface area contributed by atoms with Gasteiger partial charge in [-0.25, -0.2) is 0 Å². The van der Waals surface area contributed by atoms with Crippen molar-refractivity contribution in [3.05, 3.63) is 29.3 Å². The normalized spacial score (nSPS) is 16.8. The molecular formula is C19H28ClNO3. The predicted molar refractivity (Wildman–Crippen MR) is 97.8 cm³/mol. The van der Waals surface area contributed by atoms with Crippen molar-refractivity contribution >= 4 is 22.5 Å². The molecule has 1 fully saturated rings. The second kappa shape index (κ2) is 9.40. The zero-order valence-corrected chi connectivity index (χ0v) is 15.6. The number of rotatable bonds is 8. The fraction of sp³-hybridized carbons (Fsp3) is 0.632. The molecule has 2 rings (SSSR count). The van der Waals surface area contributed by atoms with Crippen LogP contribution in [0.15, 0.2) is 18.2 Å². The number of hydrogen-bond acceptors (Lipinski definition) is 4. The Kier molecular flexibility index (Phi) is 7.53. The summed E-state index contributed by atoms with van der Waals surface area (Å²) in [6, 6.07) is 5.94. The first-order valence-electron chi connectivity index (χ1n) is 8.92. The van der Waals surface area contributed by atoms with Crippen LogP contribution >= 0.6 is 11.6 Å². The van der Waals surface area contributed by atoms with E-state index in [4.69, 9.17) is 21.1 Å². The summed E-state index contributed by atoms with van der Waals surface area (Å²) in [5.74, 6) is 0. The molecule has 1 saturated heterocycles. The van der Waals surface area contributed by atoms with Crippen LogP contribution < -0.4 is 4.90 Å². The Hall–Kier alpha value is -1.10. The minimum atomic E-state index is -0.376. The van der Waals surface area contributed by atoms with Crippen LogP contribution in [-0.4, -0.2) is 37.3 Å². The molecule has 1 unspecified atom stereocenters. The molecule has 0 N–H and O–H groups in total. The van der Waals surface area contributed by atoms with Crippen LogP contribution in [0.2, 0.25) is 0 Å². The number of carbonyl (C=O) groups excluding carboxylic acids is 1. The zero-order valence-electron chi connectivity index (χ0n) is 14.9. The van der Waals surface area contributed by atoms with Crippen LogP contribution in [0, 0.1) is 0 Å². The highest BCUT2D eigenvalue weighted by Gasteiger charge is 2.30. The highest BCUT2D eigenvalue weighted by atomic mass is 35.5. The number of anilines is 1. The van der Waals surface area contributed by atoms with E-state index in [2.05, 4.69) is 36.9 Å². The summed E-state index contributed by atoms with van der Waals surface area (Å²) < 4.78 is 11.5. The van der Waals surface area contributed by atoms with E-state index in [9.17, 15) is 4.79 Å². The van der Waals surface area contributed by atoms with Gasteiger partial charge in [0.15, 0.2) is 6.29 Å². The minimum absolute atomic E-state index is 0.321. The fourth-order valence-corrected chi connectivity index (χ4v) is 3.54. The van der Waals surface area contributed by atoms with Gasteiger partial charge in [-0.15, -0.1) is 0 Å². The third kappa shape index (κ3) is 4.50. The summed E-state index contributed by atoms with van der Waals surface area (Å²) in [4.78, 5) is 14.2. The Morgan fingerprint density at radius 3 is 2.25 bits per heavy atom. The molecule has 1 aliphatic rings. The first-order chi connectivity index (χ1) is 11.6. The van der Waals surface area contributed by atoms with Gasteiger partial charge >= 0.3 is 0 Å². The van der Waals surface area contributed by atoms with Crippen molar-refractivity contribution in [2.75, 3.05) is 24.7 Å². The molecule has 1 aliphatic heterocycles. The third-order valence-electron chi connectivity index (χ3n) is 4.52. The Labute approximate surface area is 150 Å². The van der Waals surface area contributed by atoms with Gasteiger partial charge in [0.1, 0.15) is 6.04 Å². The largest absolute Gasteiger partial charge is 0.355 e. The second-order valence-electron chi connectivity index (χ2n) is 6.04. The van der Waals surface area contributed by atoms with Crippen molar-refractivity contribution in [2.45, 2.75) is 58.8 Å². The Balaban J connectivity index is 2.42. The monoisotopic (exact) mass is 353 g/mol. The molecule has 4 nitrogen and oxygen atoms in total. The maximum absolute atomic E-state index is 12.1. The number of benzene rings is 1. The molecule has 5 heteroatoms. The van der Waals surface area contributed by atoms with Gasteiger partial charge in [0.05, 0.1) is 19.8 Å².